The summed E-state index contributed by atoms with van der Waals surface area (Å²) in [6.07, 6.45) is 0.0398. The van der Waals surface area contributed by atoms with Crippen LogP contribution in [0.3, 0.4) is 0 Å². The van der Waals surface area contributed by atoms with Crippen LogP contribution in [0.1, 0.15) is 17.0 Å². The number of phenolic OH excluding ortho intramolecular Hbond substituents is 2. The van der Waals surface area contributed by atoms with Gasteiger partial charge in [-0.05, 0) is 36.2 Å². The summed E-state index contributed by atoms with van der Waals surface area (Å²) in [5.74, 6) is -1.84. The number of carboxylic acid groups (broad SMARTS) is 1. The minimum absolute atomic E-state index is 0.0398. The Morgan fingerprint density at radius 3 is 2.55 bits per heavy atom. The predicted molar refractivity (Wildman–Crippen MR) is 81.9 cm³/mol. The first-order chi connectivity index (χ1) is 10.4. The summed E-state index contributed by atoms with van der Waals surface area (Å²) in [5.41, 5.74) is 0.835. The molecule has 5 nitrogen and oxygen atoms in total. The standard InChI is InChI=1S/C16H15ClO5/c1-22-15-5-3-10(17)7-12(15)13(16(20)21)6-9-2-4-11(18)8-14(9)19/h2-5,7-8,13,18-19H,6H2,1H3,(H,20,21). The summed E-state index contributed by atoms with van der Waals surface area (Å²) >= 11 is 5.95. The number of hydrogen-bond donors (Lipinski definition) is 3. The molecule has 116 valence electrons. The van der Waals surface area contributed by atoms with Gasteiger partial charge in [-0.2, -0.15) is 0 Å². The van der Waals surface area contributed by atoms with Crippen molar-refractivity contribution in [1.82, 2.24) is 0 Å². The minimum atomic E-state index is -1.06. The lowest BCUT2D eigenvalue weighted by Crippen LogP contribution is -2.15. The highest BCUT2D eigenvalue weighted by molar-refractivity contribution is 6.30. The van der Waals surface area contributed by atoms with E-state index in [2.05, 4.69) is 0 Å². The zero-order valence-corrected chi connectivity index (χ0v) is 12.5. The Kier molecular flexibility index (Phi) is 4.78. The number of aliphatic carboxylic acids is 1. The number of halogens is 1. The van der Waals surface area contributed by atoms with Crippen LogP contribution in [0.25, 0.3) is 0 Å². The van der Waals surface area contributed by atoms with Crippen LogP contribution < -0.4 is 4.74 Å². The van der Waals surface area contributed by atoms with E-state index >= 15 is 0 Å². The van der Waals surface area contributed by atoms with E-state index in [-0.39, 0.29) is 17.9 Å². The van der Waals surface area contributed by atoms with E-state index in [1.165, 1.54) is 31.4 Å². The molecule has 6 heteroatoms. The van der Waals surface area contributed by atoms with Crippen molar-refractivity contribution in [3.8, 4) is 17.2 Å². The number of carbonyl (C=O) groups is 1. The van der Waals surface area contributed by atoms with Gasteiger partial charge in [-0.1, -0.05) is 17.7 Å². The van der Waals surface area contributed by atoms with Crippen molar-refractivity contribution in [3.05, 3.63) is 52.5 Å². The van der Waals surface area contributed by atoms with E-state index < -0.39 is 11.9 Å². The fourth-order valence-electron chi connectivity index (χ4n) is 2.25. The predicted octanol–water partition coefficient (Wildman–Crippen LogP) is 3.17. The molecule has 22 heavy (non-hydrogen) atoms. The molecule has 3 N–H and O–H groups in total. The maximum atomic E-state index is 11.6. The van der Waals surface area contributed by atoms with Gasteiger partial charge in [-0.25, -0.2) is 0 Å². The fraction of sp³-hybridized carbons (Fsp3) is 0.188. The van der Waals surface area contributed by atoms with Crippen molar-refractivity contribution < 1.29 is 24.9 Å². The third-order valence-corrected chi connectivity index (χ3v) is 3.59. The number of methoxy groups -OCH3 is 1. The van der Waals surface area contributed by atoms with Crippen molar-refractivity contribution >= 4 is 17.6 Å². The lowest BCUT2D eigenvalue weighted by Gasteiger charge is -2.17. The summed E-state index contributed by atoms with van der Waals surface area (Å²) in [7, 11) is 1.45. The van der Waals surface area contributed by atoms with E-state index in [0.29, 0.717) is 21.9 Å². The highest BCUT2D eigenvalue weighted by Gasteiger charge is 2.25. The molecule has 0 fully saturated rings. The number of rotatable bonds is 5. The second-order valence-electron chi connectivity index (χ2n) is 4.79. The smallest absolute Gasteiger partial charge is 0.311 e. The SMILES string of the molecule is COc1ccc(Cl)cc1C(Cc1ccc(O)cc1O)C(=O)O. The molecule has 0 amide bonds. The first kappa shape index (κ1) is 16.0. The second kappa shape index (κ2) is 6.58. The number of phenols is 2. The highest BCUT2D eigenvalue weighted by atomic mass is 35.5. The Balaban J connectivity index is 2.43. The van der Waals surface area contributed by atoms with Crippen molar-refractivity contribution in [2.24, 2.45) is 0 Å². The number of carboxylic acids is 1. The van der Waals surface area contributed by atoms with Gasteiger partial charge in [0, 0.05) is 16.7 Å². The van der Waals surface area contributed by atoms with Crippen molar-refractivity contribution in [3.63, 3.8) is 0 Å². The largest absolute Gasteiger partial charge is 0.508 e. The van der Waals surface area contributed by atoms with Crippen LogP contribution in [0.5, 0.6) is 17.2 Å². The maximum Gasteiger partial charge on any atom is 0.311 e. The van der Waals surface area contributed by atoms with Crippen LogP contribution in [-0.2, 0) is 11.2 Å². The van der Waals surface area contributed by atoms with Crippen LogP contribution in [-0.4, -0.2) is 28.4 Å². The van der Waals surface area contributed by atoms with Crippen LogP contribution in [0.2, 0.25) is 5.02 Å². The zero-order valence-electron chi connectivity index (χ0n) is 11.8. The third-order valence-electron chi connectivity index (χ3n) is 3.36. The van der Waals surface area contributed by atoms with E-state index in [1.54, 1.807) is 12.1 Å². The molecule has 0 aliphatic carbocycles. The molecule has 0 saturated heterocycles. The number of ether oxygens (including phenoxy) is 1. The molecule has 0 heterocycles. The summed E-state index contributed by atoms with van der Waals surface area (Å²) < 4.78 is 5.19. The zero-order chi connectivity index (χ0) is 16.3. The average molecular weight is 323 g/mol. The van der Waals surface area contributed by atoms with Crippen molar-refractivity contribution in [1.29, 1.82) is 0 Å². The molecule has 0 radical (unpaired) electrons. The molecule has 0 aromatic heterocycles. The molecule has 0 aliphatic heterocycles. The van der Waals surface area contributed by atoms with Gasteiger partial charge in [0.1, 0.15) is 17.2 Å². The summed E-state index contributed by atoms with van der Waals surface area (Å²) in [4.78, 5) is 11.6. The maximum absolute atomic E-state index is 11.6. The summed E-state index contributed by atoms with van der Waals surface area (Å²) in [6.45, 7) is 0. The van der Waals surface area contributed by atoms with Gasteiger partial charge in [0.05, 0.1) is 13.0 Å². The molecular weight excluding hydrogens is 308 g/mol. The number of benzene rings is 2. The molecule has 2 aromatic carbocycles. The summed E-state index contributed by atoms with van der Waals surface area (Å²) in [6, 6.07) is 8.80. The van der Waals surface area contributed by atoms with Gasteiger partial charge in [-0.3, -0.25) is 4.79 Å². The van der Waals surface area contributed by atoms with Gasteiger partial charge in [0.2, 0.25) is 0 Å². The van der Waals surface area contributed by atoms with Crippen molar-refractivity contribution in [2.45, 2.75) is 12.3 Å². The highest BCUT2D eigenvalue weighted by Crippen LogP contribution is 2.34. The Bertz CT molecular complexity index is 699. The van der Waals surface area contributed by atoms with E-state index in [4.69, 9.17) is 16.3 Å². The number of hydrogen-bond acceptors (Lipinski definition) is 4. The lowest BCUT2D eigenvalue weighted by molar-refractivity contribution is -0.138. The molecule has 0 spiro atoms. The molecule has 2 aromatic rings. The van der Waals surface area contributed by atoms with Crippen LogP contribution in [0.15, 0.2) is 36.4 Å². The first-order valence-electron chi connectivity index (χ1n) is 6.49. The van der Waals surface area contributed by atoms with Gasteiger partial charge in [0.15, 0.2) is 0 Å². The topological polar surface area (TPSA) is 87.0 Å². The van der Waals surface area contributed by atoms with E-state index in [9.17, 15) is 20.1 Å². The van der Waals surface area contributed by atoms with Gasteiger partial charge < -0.3 is 20.1 Å². The Morgan fingerprint density at radius 1 is 1.23 bits per heavy atom. The monoisotopic (exact) mass is 322 g/mol. The first-order valence-corrected chi connectivity index (χ1v) is 6.87. The Labute approximate surface area is 132 Å². The Hall–Kier alpha value is -2.40. The molecular formula is C16H15ClO5. The molecule has 2 rings (SSSR count). The van der Waals surface area contributed by atoms with Crippen LogP contribution >= 0.6 is 11.6 Å². The molecule has 0 bridgehead atoms. The third kappa shape index (κ3) is 3.43. The lowest BCUT2D eigenvalue weighted by atomic mass is 9.91. The normalized spacial score (nSPS) is 11.9. The molecule has 0 aliphatic rings. The fourth-order valence-corrected chi connectivity index (χ4v) is 2.43. The Morgan fingerprint density at radius 2 is 1.95 bits per heavy atom. The number of aromatic hydroxyl groups is 2. The minimum Gasteiger partial charge on any atom is -0.508 e. The molecule has 1 unspecified atom stereocenters. The molecule has 1 atom stereocenters. The van der Waals surface area contributed by atoms with Gasteiger partial charge >= 0.3 is 5.97 Å². The average Bonchev–Trinajstić information content (AvgIpc) is 2.46. The van der Waals surface area contributed by atoms with E-state index in [0.717, 1.165) is 0 Å². The van der Waals surface area contributed by atoms with Crippen molar-refractivity contribution in [2.75, 3.05) is 7.11 Å². The van der Waals surface area contributed by atoms with Gasteiger partial charge in [-0.15, -0.1) is 0 Å². The quantitative estimate of drug-likeness (QED) is 0.787. The molecule has 0 saturated carbocycles. The van der Waals surface area contributed by atoms with Crippen LogP contribution in [0, 0.1) is 0 Å². The van der Waals surface area contributed by atoms with E-state index in [1.807, 2.05) is 0 Å². The van der Waals surface area contributed by atoms with Gasteiger partial charge in [0.25, 0.3) is 0 Å². The summed E-state index contributed by atoms with van der Waals surface area (Å²) in [5, 5.41) is 29.1. The second-order valence-corrected chi connectivity index (χ2v) is 5.23. The van der Waals surface area contributed by atoms with Crippen LogP contribution in [0.4, 0.5) is 0 Å².